The maximum atomic E-state index is 13.1. The van der Waals surface area contributed by atoms with Gasteiger partial charge < -0.3 is 19.7 Å². The number of anilines is 1. The minimum absolute atomic E-state index is 0.0368. The summed E-state index contributed by atoms with van der Waals surface area (Å²) in [5.41, 5.74) is 5.69. The van der Waals surface area contributed by atoms with Gasteiger partial charge in [0.25, 0.3) is 5.91 Å². The van der Waals surface area contributed by atoms with Crippen molar-refractivity contribution in [1.82, 2.24) is 5.32 Å². The second-order valence-corrected chi connectivity index (χ2v) is 9.41. The molecule has 3 aromatic rings. The second-order valence-electron chi connectivity index (χ2n) is 8.21. The predicted octanol–water partition coefficient (Wildman–Crippen LogP) is 4.80. The van der Waals surface area contributed by atoms with E-state index in [0.29, 0.717) is 0 Å². The van der Waals surface area contributed by atoms with E-state index in [0.717, 1.165) is 46.2 Å². The summed E-state index contributed by atoms with van der Waals surface area (Å²) >= 11 is 1.73. The van der Waals surface area contributed by atoms with Gasteiger partial charge in [0, 0.05) is 17.3 Å². The van der Waals surface area contributed by atoms with Crippen LogP contribution < -0.4 is 19.7 Å². The third kappa shape index (κ3) is 3.17. The van der Waals surface area contributed by atoms with Crippen LogP contribution in [-0.4, -0.2) is 26.3 Å². The quantitative estimate of drug-likeness (QED) is 0.641. The highest BCUT2D eigenvalue weighted by atomic mass is 32.1. The van der Waals surface area contributed by atoms with Crippen LogP contribution in [0.2, 0.25) is 0 Å². The number of hydrogen-bond acceptors (Lipinski definition) is 5. The molecule has 3 heterocycles. The fourth-order valence-electron chi connectivity index (χ4n) is 4.85. The molecule has 0 saturated heterocycles. The molecule has 1 aromatic heterocycles. The summed E-state index contributed by atoms with van der Waals surface area (Å²) in [5.74, 6) is 1.61. The number of nitrogens with zero attached hydrogens (tertiary/aromatic N) is 1. The van der Waals surface area contributed by atoms with Crippen molar-refractivity contribution in [2.75, 3.05) is 19.1 Å². The fourth-order valence-corrected chi connectivity index (χ4v) is 6.04. The molecular weight excluding hydrogens is 408 g/mol. The van der Waals surface area contributed by atoms with Gasteiger partial charge in [0.05, 0.1) is 19.8 Å². The highest BCUT2D eigenvalue weighted by Gasteiger charge is 2.42. The van der Waals surface area contributed by atoms with Crippen LogP contribution in [0.1, 0.15) is 43.4 Å². The van der Waals surface area contributed by atoms with E-state index in [1.807, 2.05) is 19.1 Å². The normalized spacial score (nSPS) is 19.2. The lowest BCUT2D eigenvalue weighted by Crippen LogP contribution is -2.57. The number of amides is 1. The van der Waals surface area contributed by atoms with E-state index in [1.54, 1.807) is 25.6 Å². The first-order chi connectivity index (χ1) is 15.0. The van der Waals surface area contributed by atoms with E-state index >= 15 is 0 Å². The Morgan fingerprint density at radius 3 is 2.65 bits per heavy atom. The number of fused-ring (bicyclic) bond motifs is 4. The summed E-state index contributed by atoms with van der Waals surface area (Å²) in [6.07, 6.45) is 0.706. The van der Waals surface area contributed by atoms with E-state index in [9.17, 15) is 4.79 Å². The van der Waals surface area contributed by atoms with Gasteiger partial charge in [0.15, 0.2) is 11.5 Å². The number of carbonyl (C=O) groups excluding carboxylic acids is 1. The van der Waals surface area contributed by atoms with Crippen LogP contribution in [-0.2, 0) is 13.0 Å². The highest BCUT2D eigenvalue weighted by molar-refractivity contribution is 7.16. The maximum Gasteiger partial charge on any atom is 0.256 e. The Hall–Kier alpha value is -2.99. The molecule has 0 radical (unpaired) electrons. The predicted molar refractivity (Wildman–Crippen MR) is 124 cm³/mol. The number of thiophene rings is 1. The molecule has 5 rings (SSSR count). The van der Waals surface area contributed by atoms with Crippen LogP contribution >= 0.6 is 11.3 Å². The largest absolute Gasteiger partial charge is 0.493 e. The fraction of sp³-hybridized carbons (Fsp3) is 0.320. The average Bonchev–Trinajstić information content (AvgIpc) is 3.09. The summed E-state index contributed by atoms with van der Waals surface area (Å²) in [7, 11) is 3.30. The van der Waals surface area contributed by atoms with Gasteiger partial charge in [-0.3, -0.25) is 4.79 Å². The Morgan fingerprint density at radius 2 is 1.87 bits per heavy atom. The van der Waals surface area contributed by atoms with Gasteiger partial charge in [-0.15, -0.1) is 11.3 Å². The number of carbonyl (C=O) groups is 1. The Morgan fingerprint density at radius 1 is 1.10 bits per heavy atom. The molecule has 2 aromatic carbocycles. The van der Waals surface area contributed by atoms with Crippen molar-refractivity contribution < 1.29 is 14.3 Å². The van der Waals surface area contributed by atoms with Crippen molar-refractivity contribution in [2.24, 2.45) is 0 Å². The number of hydrogen-bond donors (Lipinski definition) is 1. The lowest BCUT2D eigenvalue weighted by molar-refractivity contribution is 0.0916. The monoisotopic (exact) mass is 434 g/mol. The molecule has 0 aliphatic carbocycles. The average molecular weight is 435 g/mol. The zero-order chi connectivity index (χ0) is 21.7. The van der Waals surface area contributed by atoms with Crippen molar-refractivity contribution in [1.29, 1.82) is 0 Å². The van der Waals surface area contributed by atoms with E-state index in [-0.39, 0.29) is 18.0 Å². The van der Waals surface area contributed by atoms with E-state index in [2.05, 4.69) is 47.5 Å². The number of rotatable bonds is 4. The number of benzene rings is 2. The number of nitrogens with one attached hydrogen (secondary N) is 1. The Balaban J connectivity index is 1.59. The SMILES string of the molecule is COc1ccc(CC2c3ccccc3CN3c4sc(C)c(C)c4C(=O)NC23)cc1OC. The summed E-state index contributed by atoms with van der Waals surface area (Å²) in [6, 6.07) is 14.7. The van der Waals surface area contributed by atoms with Gasteiger partial charge in [0.2, 0.25) is 0 Å². The van der Waals surface area contributed by atoms with Crippen molar-refractivity contribution >= 4 is 22.2 Å². The molecule has 31 heavy (non-hydrogen) atoms. The van der Waals surface area contributed by atoms with E-state index in [1.165, 1.54) is 16.0 Å². The van der Waals surface area contributed by atoms with E-state index < -0.39 is 0 Å². The van der Waals surface area contributed by atoms with Crippen LogP contribution in [0.4, 0.5) is 5.00 Å². The summed E-state index contributed by atoms with van der Waals surface area (Å²) in [5, 5.41) is 4.42. The molecule has 0 spiro atoms. The molecule has 2 unspecified atom stereocenters. The Labute approximate surface area is 186 Å². The molecular formula is C25H26N2O3S. The molecule has 2 aliphatic rings. The second kappa shape index (κ2) is 7.61. The van der Waals surface area contributed by atoms with Crippen LogP contribution in [0.3, 0.4) is 0 Å². The Bertz CT molecular complexity index is 1170. The minimum atomic E-state index is -0.0829. The van der Waals surface area contributed by atoms with Crippen molar-refractivity contribution in [3.8, 4) is 11.5 Å². The molecule has 6 heteroatoms. The van der Waals surface area contributed by atoms with Gasteiger partial charge in [-0.05, 0) is 54.7 Å². The molecule has 1 N–H and O–H groups in total. The number of ether oxygens (including phenoxy) is 2. The molecule has 2 aliphatic heterocycles. The standard InChI is InChI=1S/C25H26N2O3S/c1-14-15(2)31-25-22(14)24(28)26-23-19(18-8-6-5-7-17(18)13-27(23)25)11-16-9-10-20(29-3)21(12-16)30-4/h5-10,12,19,23H,11,13H2,1-4H3,(H,26,28). The molecule has 160 valence electrons. The number of methoxy groups -OCH3 is 2. The highest BCUT2D eigenvalue weighted by Crippen LogP contribution is 2.45. The maximum absolute atomic E-state index is 13.1. The summed E-state index contributed by atoms with van der Waals surface area (Å²) < 4.78 is 10.9. The molecule has 2 atom stereocenters. The molecule has 0 fully saturated rings. The summed E-state index contributed by atoms with van der Waals surface area (Å²) in [4.78, 5) is 16.7. The first-order valence-electron chi connectivity index (χ1n) is 10.5. The van der Waals surface area contributed by atoms with Gasteiger partial charge in [-0.25, -0.2) is 0 Å². The van der Waals surface area contributed by atoms with Crippen LogP contribution in [0.15, 0.2) is 42.5 Å². The lowest BCUT2D eigenvalue weighted by atomic mass is 9.81. The van der Waals surface area contributed by atoms with Crippen LogP contribution in [0.5, 0.6) is 11.5 Å². The zero-order valence-electron chi connectivity index (χ0n) is 18.2. The smallest absolute Gasteiger partial charge is 0.256 e. The molecule has 0 saturated carbocycles. The number of aryl methyl sites for hydroxylation is 1. The molecule has 5 nitrogen and oxygen atoms in total. The lowest BCUT2D eigenvalue weighted by Gasteiger charge is -2.46. The van der Waals surface area contributed by atoms with Crippen molar-refractivity contribution in [3.63, 3.8) is 0 Å². The van der Waals surface area contributed by atoms with Gasteiger partial charge in [0.1, 0.15) is 11.2 Å². The van der Waals surface area contributed by atoms with E-state index in [4.69, 9.17) is 9.47 Å². The summed E-state index contributed by atoms with van der Waals surface area (Å²) in [6.45, 7) is 4.94. The van der Waals surface area contributed by atoms with Gasteiger partial charge >= 0.3 is 0 Å². The van der Waals surface area contributed by atoms with Crippen molar-refractivity contribution in [2.45, 2.75) is 38.9 Å². The molecule has 0 bridgehead atoms. The topological polar surface area (TPSA) is 50.8 Å². The third-order valence-electron chi connectivity index (χ3n) is 6.55. The van der Waals surface area contributed by atoms with Crippen LogP contribution in [0.25, 0.3) is 0 Å². The molecule has 1 amide bonds. The minimum Gasteiger partial charge on any atom is -0.493 e. The van der Waals surface area contributed by atoms with Crippen LogP contribution in [0, 0.1) is 13.8 Å². The zero-order valence-corrected chi connectivity index (χ0v) is 19.0. The van der Waals surface area contributed by atoms with Crippen molar-refractivity contribution in [3.05, 3.63) is 75.2 Å². The first kappa shape index (κ1) is 19.9. The third-order valence-corrected chi connectivity index (χ3v) is 7.79. The van der Waals surface area contributed by atoms with Gasteiger partial charge in [-0.2, -0.15) is 0 Å². The Kier molecular flexibility index (Phi) is 4.89. The first-order valence-corrected chi connectivity index (χ1v) is 11.3. The van der Waals surface area contributed by atoms with Gasteiger partial charge in [-0.1, -0.05) is 30.3 Å².